The van der Waals surface area contributed by atoms with Gasteiger partial charge in [-0.1, -0.05) is 25.1 Å². The van der Waals surface area contributed by atoms with Crippen molar-refractivity contribution in [3.8, 4) is 5.75 Å². The molecule has 1 heterocycles. The molecular weight excluding hydrogens is 384 g/mol. The first-order valence-corrected chi connectivity index (χ1v) is 10.3. The van der Waals surface area contributed by atoms with Crippen LogP contribution >= 0.6 is 0 Å². The minimum Gasteiger partial charge on any atom is -0.506 e. The maximum absolute atomic E-state index is 12.1. The van der Waals surface area contributed by atoms with E-state index in [4.69, 9.17) is 4.74 Å². The van der Waals surface area contributed by atoms with Gasteiger partial charge in [0.15, 0.2) is 0 Å². The van der Waals surface area contributed by atoms with Gasteiger partial charge < -0.3 is 9.84 Å². The molecule has 0 radical (unpaired) electrons. The number of aryl methyl sites for hydroxylation is 1. The van der Waals surface area contributed by atoms with Crippen LogP contribution in [0.4, 0.5) is 5.69 Å². The van der Waals surface area contributed by atoms with E-state index in [1.54, 1.807) is 6.07 Å². The number of esters is 1. The van der Waals surface area contributed by atoms with Gasteiger partial charge in [-0.3, -0.25) is 9.59 Å². The lowest BCUT2D eigenvalue weighted by molar-refractivity contribution is -0.145. The minimum absolute atomic E-state index is 0.0577. The predicted octanol–water partition coefficient (Wildman–Crippen LogP) is 1.86. The highest BCUT2D eigenvalue weighted by Crippen LogP contribution is 2.35. The molecule has 0 saturated carbocycles. The van der Waals surface area contributed by atoms with Gasteiger partial charge in [0.2, 0.25) is 0 Å². The quantitative estimate of drug-likeness (QED) is 0.708. The summed E-state index contributed by atoms with van der Waals surface area (Å²) >= 11 is 0. The third kappa shape index (κ3) is 4.04. The highest BCUT2D eigenvalue weighted by molar-refractivity contribution is 7.92. The summed E-state index contributed by atoms with van der Waals surface area (Å²) < 4.78 is 31.6. The Hall–Kier alpha value is -2.81. The molecule has 28 heavy (non-hydrogen) atoms. The van der Waals surface area contributed by atoms with E-state index in [0.29, 0.717) is 6.42 Å². The Bertz CT molecular complexity index is 1030. The van der Waals surface area contributed by atoms with Crippen molar-refractivity contribution >= 4 is 38.5 Å². The number of hydrogen-bond donors (Lipinski definition) is 2. The zero-order chi connectivity index (χ0) is 20.5. The lowest BCUT2D eigenvalue weighted by Gasteiger charge is -2.17. The molecule has 1 saturated heterocycles. The number of nitrogens with zero attached hydrogens (tertiary/aromatic N) is 1. The number of amides is 1. The molecule has 1 unspecified atom stereocenters. The summed E-state index contributed by atoms with van der Waals surface area (Å²) in [5.74, 6) is -1.26. The molecule has 9 heteroatoms. The average molecular weight is 406 g/mol. The monoisotopic (exact) mass is 406 g/mol. The Balaban J connectivity index is 1.82. The Morgan fingerprint density at radius 3 is 2.68 bits per heavy atom. The summed E-state index contributed by atoms with van der Waals surface area (Å²) in [5.41, 5.74) is 1.09. The maximum atomic E-state index is 12.1. The van der Waals surface area contributed by atoms with Crippen LogP contribution in [0.5, 0.6) is 5.75 Å². The summed E-state index contributed by atoms with van der Waals surface area (Å²) in [6.45, 7) is 1.46. The summed E-state index contributed by atoms with van der Waals surface area (Å²) in [6.07, 6.45) is 2.24. The number of methoxy groups -OCH3 is 1. The average Bonchev–Trinajstić information content (AvgIpc) is 2.92. The number of rotatable bonds is 6. The second kappa shape index (κ2) is 7.67. The van der Waals surface area contributed by atoms with Crippen LogP contribution in [-0.2, 0) is 31.0 Å². The van der Waals surface area contributed by atoms with Gasteiger partial charge in [-0.2, -0.15) is 8.42 Å². The molecule has 3 rings (SSSR count). The van der Waals surface area contributed by atoms with Gasteiger partial charge in [0.25, 0.3) is 5.91 Å². The molecule has 1 amide bonds. The van der Waals surface area contributed by atoms with Crippen LogP contribution < -0.4 is 9.03 Å². The first-order valence-electron chi connectivity index (χ1n) is 8.88. The second-order valence-corrected chi connectivity index (χ2v) is 8.47. The predicted molar refractivity (Wildman–Crippen MR) is 104 cm³/mol. The van der Waals surface area contributed by atoms with Crippen molar-refractivity contribution < 1.29 is 27.9 Å². The van der Waals surface area contributed by atoms with E-state index in [2.05, 4.69) is 0 Å². The van der Waals surface area contributed by atoms with Crippen LogP contribution in [0, 0.1) is 5.92 Å². The molecule has 0 bridgehead atoms. The number of benzene rings is 2. The van der Waals surface area contributed by atoms with Crippen LogP contribution in [0.3, 0.4) is 0 Å². The molecule has 1 aliphatic rings. The fraction of sp³-hybridized carbons (Fsp3) is 0.368. The molecule has 0 spiro atoms. The SMILES string of the molecule is COC(=O)C(C)CCCc1ccc2cc(O)c(N3CC(=O)NS3(=O)=O)cc2c1. The lowest BCUT2D eigenvalue weighted by Crippen LogP contribution is -2.29. The van der Waals surface area contributed by atoms with Gasteiger partial charge in [0.1, 0.15) is 12.3 Å². The molecule has 2 N–H and O–H groups in total. The van der Waals surface area contributed by atoms with E-state index in [-0.39, 0.29) is 29.9 Å². The van der Waals surface area contributed by atoms with Gasteiger partial charge >= 0.3 is 16.2 Å². The topological polar surface area (TPSA) is 113 Å². The van der Waals surface area contributed by atoms with Gasteiger partial charge in [-0.15, -0.1) is 0 Å². The number of carbonyl (C=O) groups excluding carboxylic acids is 2. The summed E-state index contributed by atoms with van der Waals surface area (Å²) in [4.78, 5) is 22.9. The summed E-state index contributed by atoms with van der Waals surface area (Å²) in [6, 6.07) is 8.73. The molecule has 0 aliphatic carbocycles. The molecule has 150 valence electrons. The number of anilines is 1. The number of nitrogens with one attached hydrogen (secondary N) is 1. The molecule has 1 atom stereocenters. The first kappa shape index (κ1) is 19.9. The Labute approximate surface area is 163 Å². The number of ether oxygens (including phenoxy) is 1. The Morgan fingerprint density at radius 1 is 1.29 bits per heavy atom. The molecule has 8 nitrogen and oxygen atoms in total. The van der Waals surface area contributed by atoms with E-state index >= 15 is 0 Å². The summed E-state index contributed by atoms with van der Waals surface area (Å²) in [5, 5.41) is 11.7. The maximum Gasteiger partial charge on any atom is 0.326 e. The zero-order valence-electron chi connectivity index (χ0n) is 15.6. The highest BCUT2D eigenvalue weighted by Gasteiger charge is 2.35. The van der Waals surface area contributed by atoms with E-state index in [9.17, 15) is 23.1 Å². The lowest BCUT2D eigenvalue weighted by atomic mass is 9.99. The Morgan fingerprint density at radius 2 is 2.04 bits per heavy atom. The van der Waals surface area contributed by atoms with Crippen LogP contribution in [-0.4, -0.2) is 39.1 Å². The van der Waals surface area contributed by atoms with Gasteiger partial charge in [-0.25, -0.2) is 9.03 Å². The number of hydrogen-bond acceptors (Lipinski definition) is 6. The minimum atomic E-state index is -4.00. The number of aromatic hydroxyl groups is 1. The molecule has 1 fully saturated rings. The molecular formula is C19H22N2O6S. The van der Waals surface area contributed by atoms with Gasteiger partial charge in [-0.05, 0) is 47.7 Å². The van der Waals surface area contributed by atoms with E-state index in [1.165, 1.54) is 13.2 Å². The third-order valence-corrected chi connectivity index (χ3v) is 6.18. The van der Waals surface area contributed by atoms with Crippen LogP contribution in [0.1, 0.15) is 25.3 Å². The Kier molecular flexibility index (Phi) is 5.46. The summed E-state index contributed by atoms with van der Waals surface area (Å²) in [7, 11) is -2.62. The third-order valence-electron chi connectivity index (χ3n) is 4.79. The fourth-order valence-corrected chi connectivity index (χ4v) is 4.43. The van der Waals surface area contributed by atoms with Crippen LogP contribution in [0.2, 0.25) is 0 Å². The normalized spacial score (nSPS) is 16.8. The van der Waals surface area contributed by atoms with Crippen LogP contribution in [0.15, 0.2) is 30.3 Å². The van der Waals surface area contributed by atoms with Crippen molar-refractivity contribution in [3.63, 3.8) is 0 Å². The standard InChI is InChI=1S/C19H22N2O6S/c1-12(19(24)27-2)4-3-5-13-6-7-14-10-17(22)16(9-15(14)8-13)21-11-18(23)20-28(21,25)26/h6-10,12,22H,3-5,11H2,1-2H3,(H,20,23). The second-order valence-electron chi connectivity index (χ2n) is 6.88. The molecule has 2 aromatic carbocycles. The largest absolute Gasteiger partial charge is 0.506 e. The van der Waals surface area contributed by atoms with Crippen molar-refractivity contribution in [2.24, 2.45) is 5.92 Å². The smallest absolute Gasteiger partial charge is 0.326 e. The molecule has 2 aromatic rings. The molecule has 1 aliphatic heterocycles. The van der Waals surface area contributed by atoms with E-state index in [1.807, 2.05) is 29.8 Å². The molecule has 0 aromatic heterocycles. The van der Waals surface area contributed by atoms with Gasteiger partial charge in [0.05, 0.1) is 18.7 Å². The number of fused-ring (bicyclic) bond motifs is 1. The first-order chi connectivity index (χ1) is 13.2. The number of carbonyl (C=O) groups is 2. The highest BCUT2D eigenvalue weighted by atomic mass is 32.2. The van der Waals surface area contributed by atoms with E-state index in [0.717, 1.165) is 33.5 Å². The van der Waals surface area contributed by atoms with Crippen molar-refractivity contribution in [1.82, 2.24) is 4.72 Å². The van der Waals surface area contributed by atoms with Crippen molar-refractivity contribution in [2.75, 3.05) is 18.0 Å². The number of phenolic OH excluding ortho intramolecular Hbond substituents is 1. The number of phenols is 1. The van der Waals surface area contributed by atoms with Crippen LogP contribution in [0.25, 0.3) is 10.8 Å². The van der Waals surface area contributed by atoms with Crippen molar-refractivity contribution in [2.45, 2.75) is 26.2 Å². The zero-order valence-corrected chi connectivity index (χ0v) is 16.5. The fourth-order valence-electron chi connectivity index (χ4n) is 3.27. The van der Waals surface area contributed by atoms with Crippen molar-refractivity contribution in [3.05, 3.63) is 35.9 Å². The van der Waals surface area contributed by atoms with E-state index < -0.39 is 16.1 Å². The van der Waals surface area contributed by atoms with Gasteiger partial charge in [0, 0.05) is 0 Å². The van der Waals surface area contributed by atoms with Crippen molar-refractivity contribution in [1.29, 1.82) is 0 Å².